The van der Waals surface area contributed by atoms with Crippen LogP contribution >= 0.6 is 0 Å². The molecule has 4 aliphatic carbocycles. The van der Waals surface area contributed by atoms with Crippen LogP contribution in [0, 0.1) is 11.8 Å². The van der Waals surface area contributed by atoms with E-state index in [0.717, 1.165) is 23.3 Å². The van der Waals surface area contributed by atoms with E-state index in [-0.39, 0.29) is 84.4 Å². The number of esters is 2. The number of carbonyl (C=O) groups excluding carboxylic acids is 8. The Balaban J connectivity index is 0.857. The summed E-state index contributed by atoms with van der Waals surface area (Å²) >= 11 is 0. The molecule has 2 unspecified atom stereocenters. The van der Waals surface area contributed by atoms with Crippen LogP contribution in [0.5, 0.6) is 34.5 Å². The number of ether oxygens (including phenoxy) is 6. The lowest BCUT2D eigenvalue weighted by molar-refractivity contribution is -0.157. The maximum absolute atomic E-state index is 14.3. The van der Waals surface area contributed by atoms with Gasteiger partial charge in [-0.25, -0.2) is 9.59 Å². The predicted molar refractivity (Wildman–Crippen MR) is 306 cm³/mol. The first-order valence-corrected chi connectivity index (χ1v) is 28.6. The first-order valence-electron chi connectivity index (χ1n) is 28.6. The molecule has 0 radical (unpaired) electrons. The lowest BCUT2D eigenvalue weighted by atomic mass is 9.81. The normalized spacial score (nSPS) is 18.4. The van der Waals surface area contributed by atoms with Crippen molar-refractivity contribution in [3.63, 3.8) is 0 Å². The number of amides is 2. The van der Waals surface area contributed by atoms with Gasteiger partial charge in [-0.1, -0.05) is 72.8 Å². The number of aromatic hydroxyl groups is 4. The lowest BCUT2D eigenvalue weighted by Crippen LogP contribution is -2.39. The molecular weight excluding hydrogens is 1110 g/mol. The summed E-state index contributed by atoms with van der Waals surface area (Å²) in [4.78, 5) is 110. The second-order valence-corrected chi connectivity index (χ2v) is 21.9. The summed E-state index contributed by atoms with van der Waals surface area (Å²) in [5.41, 5.74) is -0.509. The van der Waals surface area contributed by atoms with E-state index in [2.05, 4.69) is 10.6 Å². The topological polar surface area (TPSA) is 297 Å². The third kappa shape index (κ3) is 12.7. The summed E-state index contributed by atoms with van der Waals surface area (Å²) in [5, 5.41) is 52.8. The maximum atomic E-state index is 14.3. The van der Waals surface area contributed by atoms with Crippen molar-refractivity contribution in [3.8, 4) is 34.5 Å². The molecule has 0 bridgehead atoms. The van der Waals surface area contributed by atoms with E-state index in [1.807, 2.05) is 0 Å². The lowest BCUT2D eigenvalue weighted by Gasteiger charge is -2.30. The Morgan fingerprint density at radius 2 is 0.791 bits per heavy atom. The van der Waals surface area contributed by atoms with Crippen LogP contribution in [0.1, 0.15) is 175 Å². The number of phenols is 4. The molecule has 20 heteroatoms. The molecule has 6 aromatic carbocycles. The zero-order valence-electron chi connectivity index (χ0n) is 47.3. The van der Waals surface area contributed by atoms with Gasteiger partial charge in [0.1, 0.15) is 59.9 Å². The van der Waals surface area contributed by atoms with Crippen LogP contribution in [0.15, 0.2) is 109 Å². The summed E-state index contributed by atoms with van der Waals surface area (Å²) in [6, 6.07) is 27.6. The Bertz CT molecular complexity index is 3380. The zero-order valence-corrected chi connectivity index (χ0v) is 47.3. The quantitative estimate of drug-likeness (QED) is 0.0190. The van der Waals surface area contributed by atoms with Crippen molar-refractivity contribution in [1.29, 1.82) is 0 Å². The van der Waals surface area contributed by atoms with Crippen LogP contribution < -0.4 is 20.1 Å². The van der Waals surface area contributed by atoms with E-state index in [0.29, 0.717) is 62.9 Å². The Hall–Kier alpha value is -9.72. The van der Waals surface area contributed by atoms with Crippen molar-refractivity contribution in [2.75, 3.05) is 14.2 Å². The third-order valence-electron chi connectivity index (χ3n) is 16.6. The van der Waals surface area contributed by atoms with Crippen LogP contribution in [0.4, 0.5) is 9.59 Å². The van der Waals surface area contributed by atoms with E-state index in [1.54, 1.807) is 87.0 Å². The molecule has 86 heavy (non-hydrogen) atoms. The molecule has 6 N–H and O–H groups in total. The minimum atomic E-state index is -1.35. The zero-order chi connectivity index (χ0) is 60.8. The fourth-order valence-electron chi connectivity index (χ4n) is 11.8. The van der Waals surface area contributed by atoms with Crippen molar-refractivity contribution in [2.45, 2.75) is 115 Å². The molecule has 4 aliphatic rings. The van der Waals surface area contributed by atoms with E-state index < -0.39 is 117 Å². The van der Waals surface area contributed by atoms with Crippen molar-refractivity contribution >= 4 is 47.3 Å². The van der Waals surface area contributed by atoms with Gasteiger partial charge in [0, 0.05) is 45.5 Å². The standard InChI is InChI=1S/C66H64N2O18/c1-81-41-27-15-35(16-28-41)33-83-65(79)67-39-23-19-37(20-24-39)63(77)85-51(47-31-49(69)53-55(61(47)75)59(73)45-11-5-3-9-43(45)57(53)71)13-7-8-14-52(48-32-50(70)54-56(62(48)76)60(74)46-12-6-4-10-44(46)58(54)72)86-64(78)38-21-25-40(26-22-38)68-66(80)84-34-36-17-29-42(82-2)30-18-36/h3-6,9-12,15-18,27-32,37-40,51-52,69-70,75-76H,7-8,13-14,19-26,33-34H2,1-2H3,(H,67,79)(H,68,80). The van der Waals surface area contributed by atoms with Crippen molar-refractivity contribution < 1.29 is 87.2 Å². The van der Waals surface area contributed by atoms with E-state index in [9.17, 15) is 58.8 Å². The van der Waals surface area contributed by atoms with Crippen molar-refractivity contribution in [2.24, 2.45) is 11.8 Å². The molecule has 2 atom stereocenters. The highest BCUT2D eigenvalue weighted by atomic mass is 16.6. The van der Waals surface area contributed by atoms with Gasteiger partial charge in [-0.05, 0) is 125 Å². The number of nitrogens with one attached hydrogen (secondary N) is 2. The molecule has 0 spiro atoms. The molecule has 2 saturated carbocycles. The van der Waals surface area contributed by atoms with Gasteiger partial charge in [0.25, 0.3) is 0 Å². The number of fused-ring (bicyclic) bond motifs is 4. The van der Waals surface area contributed by atoms with Crippen molar-refractivity contribution in [1.82, 2.24) is 10.6 Å². The Kier molecular flexibility index (Phi) is 18.0. The van der Waals surface area contributed by atoms with Gasteiger partial charge in [-0.3, -0.25) is 28.8 Å². The van der Waals surface area contributed by atoms with Gasteiger partial charge in [0.2, 0.25) is 0 Å². The maximum Gasteiger partial charge on any atom is 0.407 e. The second kappa shape index (κ2) is 26.0. The molecule has 0 aromatic heterocycles. The molecule has 2 fully saturated rings. The first-order chi connectivity index (χ1) is 41.5. The number of alkyl carbamates (subject to hydrolysis) is 2. The number of ketones is 4. The second-order valence-electron chi connectivity index (χ2n) is 21.9. The van der Waals surface area contributed by atoms with Crippen LogP contribution in [0.2, 0.25) is 0 Å². The predicted octanol–water partition coefficient (Wildman–Crippen LogP) is 10.5. The van der Waals surface area contributed by atoms with Gasteiger partial charge in [-0.15, -0.1) is 0 Å². The molecule has 0 heterocycles. The largest absolute Gasteiger partial charge is 0.507 e. The molecule has 10 rings (SSSR count). The summed E-state index contributed by atoms with van der Waals surface area (Å²) in [6.45, 7) is 0.0472. The summed E-state index contributed by atoms with van der Waals surface area (Å²) < 4.78 is 33.7. The number of hydrogen-bond acceptors (Lipinski definition) is 18. The third-order valence-corrected chi connectivity index (χ3v) is 16.6. The Morgan fingerprint density at radius 1 is 0.465 bits per heavy atom. The number of benzene rings is 6. The monoisotopic (exact) mass is 1170 g/mol. The van der Waals surface area contributed by atoms with E-state index >= 15 is 0 Å². The number of rotatable bonds is 19. The summed E-state index contributed by atoms with van der Waals surface area (Å²) in [7, 11) is 3.10. The fourth-order valence-corrected chi connectivity index (χ4v) is 11.8. The van der Waals surface area contributed by atoms with Crippen LogP contribution in [-0.2, 0) is 41.8 Å². The average Bonchev–Trinajstić information content (AvgIpc) is 0.945. The van der Waals surface area contributed by atoms with Gasteiger partial charge < -0.3 is 59.5 Å². The molecule has 446 valence electrons. The van der Waals surface area contributed by atoms with Gasteiger partial charge in [0.15, 0.2) is 23.1 Å². The number of unbranched alkanes of at least 4 members (excludes halogenated alkanes) is 1. The molecule has 6 aromatic rings. The highest BCUT2D eigenvalue weighted by molar-refractivity contribution is 6.31. The highest BCUT2D eigenvalue weighted by Gasteiger charge is 2.41. The minimum Gasteiger partial charge on any atom is -0.507 e. The first kappa shape index (κ1) is 59.4. The minimum absolute atomic E-state index is 0.00111. The summed E-state index contributed by atoms with van der Waals surface area (Å²) in [5.74, 6) is -6.87. The molecule has 0 aliphatic heterocycles. The number of hydrogen-bond donors (Lipinski definition) is 6. The van der Waals surface area contributed by atoms with Crippen molar-refractivity contribution in [3.05, 3.63) is 176 Å². The van der Waals surface area contributed by atoms with Crippen LogP contribution in [0.25, 0.3) is 0 Å². The van der Waals surface area contributed by atoms with Crippen LogP contribution in [-0.4, -0.2) is 94.0 Å². The summed E-state index contributed by atoms with van der Waals surface area (Å²) in [6.07, 6.45) is -1.18. The Morgan fingerprint density at radius 3 is 1.12 bits per heavy atom. The fraction of sp³-hybridized carbons (Fsp3) is 0.333. The molecular formula is C66H64N2O18. The number of carbonyl (C=O) groups is 8. The average molecular weight is 1170 g/mol. The number of methoxy groups -OCH3 is 2. The van der Waals surface area contributed by atoms with E-state index in [4.69, 9.17) is 28.4 Å². The number of phenolic OH excluding ortho intramolecular Hbond substituents is 4. The highest BCUT2D eigenvalue weighted by Crippen LogP contribution is 2.47. The molecule has 20 nitrogen and oxygen atoms in total. The Labute approximate surface area is 494 Å². The van der Waals surface area contributed by atoms with Gasteiger partial charge >= 0.3 is 24.1 Å². The SMILES string of the molecule is COc1ccc(COC(=O)NC2CCC(C(=O)OC(CCCCC(OC(=O)C3CCC(NC(=O)OCc4ccc(OC)cc4)CC3)c3cc(O)c4c(c3O)C(=O)c3ccccc3C4=O)c3cc(O)c4c(c3O)C(=O)c3ccccc3C4=O)CC2)cc1. The smallest absolute Gasteiger partial charge is 0.407 e. The van der Waals surface area contributed by atoms with Crippen LogP contribution in [0.3, 0.4) is 0 Å². The van der Waals surface area contributed by atoms with Gasteiger partial charge in [-0.2, -0.15) is 0 Å². The van der Waals surface area contributed by atoms with Gasteiger partial charge in [0.05, 0.1) is 48.3 Å². The molecule has 2 amide bonds. The molecule has 0 saturated heterocycles. The van der Waals surface area contributed by atoms with E-state index in [1.165, 1.54) is 24.3 Å².